The average molecular weight is 402 g/mol. The van der Waals surface area contributed by atoms with Gasteiger partial charge in [-0.3, -0.25) is 10.2 Å². The molecule has 0 fully saturated rings. The SMILES string of the molecule is C/C(Nc1ccc(Br)cc1)=C(/N)C(=O)NCc1ccc(C(=N)N)cc1. The summed E-state index contributed by atoms with van der Waals surface area (Å²) < 4.78 is 0.973. The van der Waals surface area contributed by atoms with Gasteiger partial charge in [-0.15, -0.1) is 0 Å². The third kappa shape index (κ3) is 5.36. The summed E-state index contributed by atoms with van der Waals surface area (Å²) in [5.74, 6) is -0.338. The van der Waals surface area contributed by atoms with Crippen LogP contribution in [0.5, 0.6) is 0 Å². The van der Waals surface area contributed by atoms with Crippen LogP contribution >= 0.6 is 15.9 Å². The number of rotatable bonds is 6. The minimum Gasteiger partial charge on any atom is -0.393 e. The van der Waals surface area contributed by atoms with Crippen LogP contribution in [-0.2, 0) is 11.3 Å². The Morgan fingerprint density at radius 3 is 2.24 bits per heavy atom. The monoisotopic (exact) mass is 401 g/mol. The van der Waals surface area contributed by atoms with Crippen LogP contribution in [0, 0.1) is 5.41 Å². The molecular formula is C18H20BrN5O. The molecule has 7 heteroatoms. The number of allylic oxidation sites excluding steroid dienone is 1. The summed E-state index contributed by atoms with van der Waals surface area (Å²) in [6.07, 6.45) is 0. The molecule has 2 aromatic carbocycles. The molecule has 0 saturated carbocycles. The Morgan fingerprint density at radius 1 is 1.08 bits per heavy atom. The number of hydrogen-bond donors (Lipinski definition) is 5. The van der Waals surface area contributed by atoms with E-state index in [4.69, 9.17) is 16.9 Å². The molecule has 0 bridgehead atoms. The quantitative estimate of drug-likeness (QED) is 0.290. The summed E-state index contributed by atoms with van der Waals surface area (Å²) in [5.41, 5.74) is 14.4. The fourth-order valence-corrected chi connectivity index (χ4v) is 2.33. The second kappa shape index (κ2) is 8.34. The first-order valence-corrected chi connectivity index (χ1v) is 8.36. The number of nitrogens with two attached hydrogens (primary N) is 2. The van der Waals surface area contributed by atoms with Crippen LogP contribution in [-0.4, -0.2) is 11.7 Å². The van der Waals surface area contributed by atoms with Crippen molar-refractivity contribution in [3.8, 4) is 0 Å². The third-order valence-electron chi connectivity index (χ3n) is 3.54. The second-order valence-electron chi connectivity index (χ2n) is 5.46. The molecule has 0 aromatic heterocycles. The maximum absolute atomic E-state index is 12.2. The molecule has 25 heavy (non-hydrogen) atoms. The van der Waals surface area contributed by atoms with Crippen molar-refractivity contribution >= 4 is 33.4 Å². The summed E-state index contributed by atoms with van der Waals surface area (Å²) in [7, 11) is 0. The summed E-state index contributed by atoms with van der Waals surface area (Å²) in [6, 6.07) is 14.7. The smallest absolute Gasteiger partial charge is 0.269 e. The molecule has 2 aromatic rings. The summed E-state index contributed by atoms with van der Waals surface area (Å²) in [4.78, 5) is 12.2. The van der Waals surface area contributed by atoms with Crippen molar-refractivity contribution in [1.82, 2.24) is 5.32 Å². The normalized spacial score (nSPS) is 11.4. The number of nitrogen functional groups attached to an aromatic ring is 1. The molecule has 7 N–H and O–H groups in total. The molecule has 0 saturated heterocycles. The van der Waals surface area contributed by atoms with Crippen LogP contribution in [0.15, 0.2) is 64.4 Å². The highest BCUT2D eigenvalue weighted by Crippen LogP contribution is 2.16. The van der Waals surface area contributed by atoms with Crippen LogP contribution in [0.1, 0.15) is 18.1 Å². The van der Waals surface area contributed by atoms with E-state index in [1.165, 1.54) is 0 Å². The van der Waals surface area contributed by atoms with Gasteiger partial charge in [0.1, 0.15) is 11.5 Å². The maximum Gasteiger partial charge on any atom is 0.269 e. The largest absolute Gasteiger partial charge is 0.393 e. The molecule has 0 spiro atoms. The van der Waals surface area contributed by atoms with Gasteiger partial charge in [-0.1, -0.05) is 40.2 Å². The van der Waals surface area contributed by atoms with Crippen LogP contribution in [0.2, 0.25) is 0 Å². The van der Waals surface area contributed by atoms with Crippen molar-refractivity contribution in [1.29, 1.82) is 5.41 Å². The summed E-state index contributed by atoms with van der Waals surface area (Å²) >= 11 is 3.37. The van der Waals surface area contributed by atoms with Gasteiger partial charge < -0.3 is 22.1 Å². The van der Waals surface area contributed by atoms with Gasteiger partial charge in [0.2, 0.25) is 0 Å². The van der Waals surface area contributed by atoms with Crippen molar-refractivity contribution < 1.29 is 4.79 Å². The molecular weight excluding hydrogens is 382 g/mol. The Kier molecular flexibility index (Phi) is 6.19. The Hall–Kier alpha value is -2.80. The highest BCUT2D eigenvalue weighted by Gasteiger charge is 2.09. The minimum atomic E-state index is -0.349. The van der Waals surface area contributed by atoms with Gasteiger partial charge in [0, 0.05) is 28.0 Å². The number of amidine groups is 1. The van der Waals surface area contributed by atoms with Crippen molar-refractivity contribution in [2.45, 2.75) is 13.5 Å². The first-order chi connectivity index (χ1) is 11.9. The van der Waals surface area contributed by atoms with E-state index in [1.807, 2.05) is 36.4 Å². The highest BCUT2D eigenvalue weighted by atomic mass is 79.9. The van der Waals surface area contributed by atoms with Crippen molar-refractivity contribution in [3.63, 3.8) is 0 Å². The van der Waals surface area contributed by atoms with Crippen LogP contribution in [0.25, 0.3) is 0 Å². The van der Waals surface area contributed by atoms with E-state index in [0.717, 1.165) is 15.7 Å². The molecule has 0 heterocycles. The molecule has 6 nitrogen and oxygen atoms in total. The van der Waals surface area contributed by atoms with Crippen molar-refractivity contribution in [2.24, 2.45) is 11.5 Å². The number of amides is 1. The standard InChI is InChI=1S/C18H20BrN5O/c1-11(24-15-8-6-14(19)7-9-15)16(20)18(25)23-10-12-2-4-13(5-3-12)17(21)22/h2-9,24H,10,20H2,1H3,(H3,21,22)(H,23,25)/b16-11-. The molecule has 0 radical (unpaired) electrons. The van der Waals surface area contributed by atoms with Gasteiger partial charge in [0.05, 0.1) is 0 Å². The van der Waals surface area contributed by atoms with E-state index >= 15 is 0 Å². The lowest BCUT2D eigenvalue weighted by Gasteiger charge is -2.11. The van der Waals surface area contributed by atoms with Gasteiger partial charge in [0.15, 0.2) is 0 Å². The second-order valence-corrected chi connectivity index (χ2v) is 6.38. The Morgan fingerprint density at radius 2 is 1.68 bits per heavy atom. The molecule has 0 atom stereocenters. The molecule has 0 unspecified atom stereocenters. The first kappa shape index (κ1) is 18.5. The number of carbonyl (C=O) groups is 1. The van der Waals surface area contributed by atoms with Gasteiger partial charge >= 0.3 is 0 Å². The number of nitrogens with one attached hydrogen (secondary N) is 3. The molecule has 130 valence electrons. The predicted molar refractivity (Wildman–Crippen MR) is 104 cm³/mol. The molecule has 0 aliphatic carbocycles. The third-order valence-corrected chi connectivity index (χ3v) is 4.07. The average Bonchev–Trinajstić information content (AvgIpc) is 2.61. The molecule has 1 amide bonds. The van der Waals surface area contributed by atoms with Crippen LogP contribution in [0.3, 0.4) is 0 Å². The van der Waals surface area contributed by atoms with E-state index in [0.29, 0.717) is 17.8 Å². The zero-order valence-corrected chi connectivity index (χ0v) is 15.4. The minimum absolute atomic E-state index is 0.0115. The fraction of sp³-hybridized carbons (Fsp3) is 0.111. The van der Waals surface area contributed by atoms with Gasteiger partial charge in [0.25, 0.3) is 5.91 Å². The number of carbonyl (C=O) groups excluding carboxylic acids is 1. The van der Waals surface area contributed by atoms with E-state index < -0.39 is 0 Å². The zero-order chi connectivity index (χ0) is 18.4. The Bertz CT molecular complexity index is 797. The van der Waals surface area contributed by atoms with E-state index in [9.17, 15) is 4.79 Å². The number of hydrogen-bond acceptors (Lipinski definition) is 4. The number of benzene rings is 2. The lowest BCUT2D eigenvalue weighted by Crippen LogP contribution is -2.30. The van der Waals surface area contributed by atoms with Gasteiger partial charge in [-0.2, -0.15) is 0 Å². The van der Waals surface area contributed by atoms with E-state index in [1.54, 1.807) is 19.1 Å². The fourth-order valence-electron chi connectivity index (χ4n) is 2.07. The number of anilines is 1. The molecule has 0 aliphatic rings. The summed E-state index contributed by atoms with van der Waals surface area (Å²) in [6.45, 7) is 2.09. The van der Waals surface area contributed by atoms with Gasteiger partial charge in [-0.05, 0) is 36.8 Å². The summed E-state index contributed by atoms with van der Waals surface area (Å²) in [5, 5.41) is 13.2. The van der Waals surface area contributed by atoms with Gasteiger partial charge in [-0.25, -0.2) is 0 Å². The van der Waals surface area contributed by atoms with Crippen molar-refractivity contribution in [3.05, 3.63) is 75.5 Å². The van der Waals surface area contributed by atoms with Crippen LogP contribution in [0.4, 0.5) is 5.69 Å². The van der Waals surface area contributed by atoms with Crippen LogP contribution < -0.4 is 22.1 Å². The first-order valence-electron chi connectivity index (χ1n) is 7.57. The maximum atomic E-state index is 12.2. The topological polar surface area (TPSA) is 117 Å². The lowest BCUT2D eigenvalue weighted by atomic mass is 10.1. The zero-order valence-electron chi connectivity index (χ0n) is 13.8. The Balaban J connectivity index is 1.96. The number of halogens is 1. The lowest BCUT2D eigenvalue weighted by molar-refractivity contribution is -0.117. The predicted octanol–water partition coefficient (Wildman–Crippen LogP) is 2.65. The molecule has 2 rings (SSSR count). The highest BCUT2D eigenvalue weighted by molar-refractivity contribution is 9.10. The van der Waals surface area contributed by atoms with Crippen molar-refractivity contribution in [2.75, 3.05) is 5.32 Å². The Labute approximate surface area is 154 Å². The molecule has 0 aliphatic heterocycles. The van der Waals surface area contributed by atoms with E-state index in [-0.39, 0.29) is 17.4 Å². The van der Waals surface area contributed by atoms with E-state index in [2.05, 4.69) is 26.6 Å².